The predicted molar refractivity (Wildman–Crippen MR) is 104 cm³/mol. The zero-order valence-electron chi connectivity index (χ0n) is 14.3. The van der Waals surface area contributed by atoms with Gasteiger partial charge in [0.25, 0.3) is 5.91 Å². The molecule has 2 heterocycles. The molecule has 0 aromatic heterocycles. The van der Waals surface area contributed by atoms with Crippen LogP contribution >= 0.6 is 15.9 Å². The molecule has 25 heavy (non-hydrogen) atoms. The second kappa shape index (κ2) is 7.30. The fourth-order valence-corrected chi connectivity index (χ4v) is 4.52. The Bertz CT molecular complexity index is 768. The summed E-state index contributed by atoms with van der Waals surface area (Å²) in [5, 5.41) is 0. The highest BCUT2D eigenvalue weighted by atomic mass is 79.9. The molecule has 2 aliphatic heterocycles. The van der Waals surface area contributed by atoms with Gasteiger partial charge in [-0.3, -0.25) is 9.69 Å². The maximum atomic E-state index is 12.7. The van der Waals surface area contributed by atoms with Gasteiger partial charge in [-0.25, -0.2) is 0 Å². The molecule has 130 valence electrons. The lowest BCUT2D eigenvalue weighted by molar-refractivity contribution is 0.0598. The van der Waals surface area contributed by atoms with Crippen LogP contribution in [0.15, 0.2) is 53.0 Å². The topological polar surface area (TPSA) is 23.6 Å². The normalized spacial score (nSPS) is 18.8. The van der Waals surface area contributed by atoms with E-state index in [2.05, 4.69) is 45.1 Å². The molecule has 0 aliphatic carbocycles. The van der Waals surface area contributed by atoms with Crippen molar-refractivity contribution in [2.24, 2.45) is 0 Å². The van der Waals surface area contributed by atoms with Crippen LogP contribution in [0.1, 0.15) is 34.3 Å². The highest BCUT2D eigenvalue weighted by molar-refractivity contribution is 9.10. The van der Waals surface area contributed by atoms with Gasteiger partial charge in [0, 0.05) is 36.7 Å². The minimum atomic E-state index is 0.148. The molecule has 0 N–H and O–H groups in total. The third-order valence-corrected chi connectivity index (χ3v) is 6.22. The number of carbonyl (C=O) groups is 1. The second-order valence-corrected chi connectivity index (χ2v) is 7.85. The van der Waals surface area contributed by atoms with Crippen molar-refractivity contribution >= 4 is 21.8 Å². The summed E-state index contributed by atoms with van der Waals surface area (Å²) in [6.07, 6.45) is 3.28. The highest BCUT2D eigenvalue weighted by Gasteiger charge is 2.29. The number of nitrogens with zero attached hydrogens (tertiary/aromatic N) is 2. The van der Waals surface area contributed by atoms with Crippen molar-refractivity contribution < 1.29 is 4.79 Å². The van der Waals surface area contributed by atoms with E-state index in [0.29, 0.717) is 6.04 Å². The van der Waals surface area contributed by atoms with Crippen molar-refractivity contribution in [2.75, 3.05) is 19.6 Å². The first-order valence-electron chi connectivity index (χ1n) is 9.07. The molecular weight excluding hydrogens is 376 g/mol. The molecule has 0 spiro atoms. The lowest BCUT2D eigenvalue weighted by Gasteiger charge is -2.40. The number of benzene rings is 2. The molecule has 0 saturated carbocycles. The van der Waals surface area contributed by atoms with E-state index < -0.39 is 0 Å². The largest absolute Gasteiger partial charge is 0.338 e. The third-order valence-electron chi connectivity index (χ3n) is 5.53. The first-order valence-corrected chi connectivity index (χ1v) is 9.86. The van der Waals surface area contributed by atoms with E-state index in [1.54, 1.807) is 0 Å². The van der Waals surface area contributed by atoms with Crippen LogP contribution in [-0.2, 0) is 13.0 Å². The van der Waals surface area contributed by atoms with Crippen LogP contribution in [-0.4, -0.2) is 41.4 Å². The minimum Gasteiger partial charge on any atom is -0.338 e. The van der Waals surface area contributed by atoms with E-state index in [1.807, 2.05) is 29.2 Å². The van der Waals surface area contributed by atoms with Crippen LogP contribution in [0.25, 0.3) is 0 Å². The summed E-state index contributed by atoms with van der Waals surface area (Å²) in [5.41, 5.74) is 3.74. The predicted octanol–water partition coefficient (Wildman–Crippen LogP) is 4.11. The number of likely N-dealkylation sites (tertiary alicyclic amines) is 1. The van der Waals surface area contributed by atoms with Crippen molar-refractivity contribution in [3.8, 4) is 0 Å². The van der Waals surface area contributed by atoms with Crippen molar-refractivity contribution in [1.82, 2.24) is 9.80 Å². The van der Waals surface area contributed by atoms with Crippen molar-refractivity contribution in [3.05, 3.63) is 69.7 Å². The van der Waals surface area contributed by atoms with Crippen LogP contribution < -0.4 is 0 Å². The van der Waals surface area contributed by atoms with Gasteiger partial charge in [0.1, 0.15) is 0 Å². The number of hydrogen-bond donors (Lipinski definition) is 0. The summed E-state index contributed by atoms with van der Waals surface area (Å²) in [6.45, 7) is 3.89. The van der Waals surface area contributed by atoms with Crippen LogP contribution in [0.4, 0.5) is 0 Å². The van der Waals surface area contributed by atoms with Gasteiger partial charge >= 0.3 is 0 Å². The van der Waals surface area contributed by atoms with Gasteiger partial charge < -0.3 is 4.90 Å². The van der Waals surface area contributed by atoms with Gasteiger partial charge in [0.15, 0.2) is 0 Å². The first kappa shape index (κ1) is 16.8. The molecule has 0 atom stereocenters. The van der Waals surface area contributed by atoms with Crippen molar-refractivity contribution in [3.63, 3.8) is 0 Å². The Morgan fingerprint density at radius 3 is 2.36 bits per heavy atom. The van der Waals surface area contributed by atoms with Crippen LogP contribution in [0.5, 0.6) is 0 Å². The second-order valence-electron chi connectivity index (χ2n) is 6.99. The zero-order chi connectivity index (χ0) is 17.2. The SMILES string of the molecule is O=C(c1ccccc1Br)N1CCC(N2CCc3ccccc3C2)CC1. The molecule has 1 fully saturated rings. The molecular formula is C21H23BrN2O. The van der Waals surface area contributed by atoms with E-state index in [4.69, 9.17) is 0 Å². The molecule has 2 aliphatic rings. The molecule has 1 saturated heterocycles. The summed E-state index contributed by atoms with van der Waals surface area (Å²) >= 11 is 3.50. The van der Waals surface area contributed by atoms with Gasteiger partial charge in [-0.1, -0.05) is 36.4 Å². The number of hydrogen-bond acceptors (Lipinski definition) is 2. The quantitative estimate of drug-likeness (QED) is 0.759. The number of piperidine rings is 1. The van der Waals surface area contributed by atoms with Crippen molar-refractivity contribution in [1.29, 1.82) is 0 Å². The van der Waals surface area contributed by atoms with E-state index in [-0.39, 0.29) is 5.91 Å². The molecule has 3 nitrogen and oxygen atoms in total. The Morgan fingerprint density at radius 1 is 0.920 bits per heavy atom. The van der Waals surface area contributed by atoms with Crippen molar-refractivity contribution in [2.45, 2.75) is 31.8 Å². The summed E-state index contributed by atoms with van der Waals surface area (Å²) in [4.78, 5) is 17.4. The number of fused-ring (bicyclic) bond motifs is 1. The van der Waals surface area contributed by atoms with Crippen LogP contribution in [0.3, 0.4) is 0 Å². The maximum absolute atomic E-state index is 12.7. The van der Waals surface area contributed by atoms with Gasteiger partial charge in [0.2, 0.25) is 0 Å². The lowest BCUT2D eigenvalue weighted by Crippen LogP contribution is -2.48. The fraction of sp³-hybridized carbons (Fsp3) is 0.381. The Balaban J connectivity index is 1.38. The molecule has 2 aromatic carbocycles. The average Bonchev–Trinajstić information content (AvgIpc) is 2.67. The number of halogens is 1. The first-order chi connectivity index (χ1) is 12.2. The summed E-state index contributed by atoms with van der Waals surface area (Å²) in [5.74, 6) is 0.148. The minimum absolute atomic E-state index is 0.148. The highest BCUT2D eigenvalue weighted by Crippen LogP contribution is 2.26. The van der Waals surface area contributed by atoms with E-state index in [9.17, 15) is 4.79 Å². The van der Waals surface area contributed by atoms with E-state index >= 15 is 0 Å². The van der Waals surface area contributed by atoms with Gasteiger partial charge in [-0.05, 0) is 58.5 Å². The molecule has 0 bridgehead atoms. The summed E-state index contributed by atoms with van der Waals surface area (Å²) in [6, 6.07) is 17.1. The molecule has 4 rings (SSSR count). The van der Waals surface area contributed by atoms with Crippen LogP contribution in [0, 0.1) is 0 Å². The van der Waals surface area contributed by atoms with Gasteiger partial charge in [-0.2, -0.15) is 0 Å². The van der Waals surface area contributed by atoms with E-state index in [1.165, 1.54) is 11.1 Å². The Kier molecular flexibility index (Phi) is 4.91. The number of amides is 1. The molecule has 0 unspecified atom stereocenters. The summed E-state index contributed by atoms with van der Waals surface area (Å²) in [7, 11) is 0. The van der Waals surface area contributed by atoms with E-state index in [0.717, 1.165) is 55.5 Å². The Labute approximate surface area is 157 Å². The van der Waals surface area contributed by atoms with Gasteiger partial charge in [-0.15, -0.1) is 0 Å². The standard InChI is InChI=1S/C21H23BrN2O/c22-20-8-4-3-7-19(20)21(25)23-13-10-18(11-14-23)24-12-9-16-5-1-2-6-17(16)15-24/h1-8,18H,9-15H2. The molecule has 0 radical (unpaired) electrons. The zero-order valence-corrected chi connectivity index (χ0v) is 15.9. The summed E-state index contributed by atoms with van der Waals surface area (Å²) < 4.78 is 0.884. The number of rotatable bonds is 2. The fourth-order valence-electron chi connectivity index (χ4n) is 4.07. The molecule has 4 heteroatoms. The van der Waals surface area contributed by atoms with Gasteiger partial charge in [0.05, 0.1) is 5.56 Å². The monoisotopic (exact) mass is 398 g/mol. The smallest absolute Gasteiger partial charge is 0.254 e. The molecule has 2 aromatic rings. The Morgan fingerprint density at radius 2 is 1.60 bits per heavy atom. The molecule has 1 amide bonds. The third kappa shape index (κ3) is 3.51. The Hall–Kier alpha value is -1.65. The lowest BCUT2D eigenvalue weighted by atomic mass is 9.95. The van der Waals surface area contributed by atoms with Crippen LogP contribution in [0.2, 0.25) is 0 Å². The average molecular weight is 399 g/mol. The number of carbonyl (C=O) groups excluding carboxylic acids is 1. The maximum Gasteiger partial charge on any atom is 0.254 e.